The van der Waals surface area contributed by atoms with Gasteiger partial charge in [-0.2, -0.15) is 4.68 Å². The minimum Gasteiger partial charge on any atom is -0.348 e. The third-order valence-corrected chi connectivity index (χ3v) is 7.62. The van der Waals surface area contributed by atoms with Gasteiger partial charge in [-0.3, -0.25) is 9.69 Å². The van der Waals surface area contributed by atoms with Crippen LogP contribution in [0.1, 0.15) is 35.6 Å². The maximum absolute atomic E-state index is 13.2. The summed E-state index contributed by atoms with van der Waals surface area (Å²) < 4.78 is 25.0. The predicted molar refractivity (Wildman–Crippen MR) is 131 cm³/mol. The van der Waals surface area contributed by atoms with E-state index >= 15 is 0 Å². The number of nitrogens with one attached hydrogen (secondary N) is 1. The smallest absolute Gasteiger partial charge is 0.251 e. The van der Waals surface area contributed by atoms with Crippen molar-refractivity contribution in [1.29, 1.82) is 0 Å². The summed E-state index contributed by atoms with van der Waals surface area (Å²) in [7, 11) is -2.93. The number of rotatable bonds is 7. The van der Waals surface area contributed by atoms with Crippen molar-refractivity contribution in [2.24, 2.45) is 0 Å². The summed E-state index contributed by atoms with van der Waals surface area (Å²) in [5.41, 5.74) is 4.29. The van der Waals surface area contributed by atoms with E-state index in [2.05, 4.69) is 25.7 Å². The third kappa shape index (κ3) is 5.68. The van der Waals surface area contributed by atoms with E-state index < -0.39 is 9.84 Å². The summed E-state index contributed by atoms with van der Waals surface area (Å²) in [6.45, 7) is 7.53. The highest BCUT2D eigenvalue weighted by Crippen LogP contribution is 2.25. The Hall–Kier alpha value is -3.11. The molecule has 1 unspecified atom stereocenters. The molecule has 1 aliphatic heterocycles. The summed E-state index contributed by atoms with van der Waals surface area (Å²) in [4.78, 5) is 15.3. The molecule has 1 N–H and O–H groups in total. The molecule has 34 heavy (non-hydrogen) atoms. The highest BCUT2D eigenvalue weighted by molar-refractivity contribution is 7.91. The lowest BCUT2D eigenvalue weighted by molar-refractivity contribution is 0.0930. The molecule has 0 spiro atoms. The largest absolute Gasteiger partial charge is 0.348 e. The highest BCUT2D eigenvalue weighted by atomic mass is 32.2. The Labute approximate surface area is 200 Å². The minimum absolute atomic E-state index is 0.140. The van der Waals surface area contributed by atoms with Crippen LogP contribution in [0, 0.1) is 6.92 Å². The van der Waals surface area contributed by atoms with Crippen molar-refractivity contribution in [2.75, 3.05) is 31.1 Å². The van der Waals surface area contributed by atoms with Gasteiger partial charge < -0.3 is 5.32 Å². The molecule has 9 nitrogen and oxygen atoms in total. The topological polar surface area (TPSA) is 110 Å². The van der Waals surface area contributed by atoms with Crippen molar-refractivity contribution in [1.82, 2.24) is 30.4 Å². The lowest BCUT2D eigenvalue weighted by Gasteiger charge is -2.29. The van der Waals surface area contributed by atoms with Gasteiger partial charge in [0.1, 0.15) is 0 Å². The van der Waals surface area contributed by atoms with Crippen LogP contribution in [0.3, 0.4) is 0 Å². The van der Waals surface area contributed by atoms with Crippen LogP contribution >= 0.6 is 0 Å². The standard InChI is InChI=1S/C24H30N6O3S/c1-4-23-26-27-28-30(23)22-14-20(19-7-5-17(2)6-8-19)13-21(15-22)24(31)25-18(3)16-29-9-11-34(32,33)12-10-29/h5-8,13-15,18H,4,9-12,16H2,1-3H3,(H,25,31). The van der Waals surface area contributed by atoms with Gasteiger partial charge in [0.2, 0.25) is 0 Å². The fourth-order valence-corrected chi connectivity index (χ4v) is 5.35. The van der Waals surface area contributed by atoms with Gasteiger partial charge in [-0.15, -0.1) is 5.10 Å². The van der Waals surface area contributed by atoms with Gasteiger partial charge in [-0.05, 0) is 53.6 Å². The first-order valence-corrected chi connectivity index (χ1v) is 13.3. The van der Waals surface area contributed by atoms with Gasteiger partial charge in [0.15, 0.2) is 15.7 Å². The van der Waals surface area contributed by atoms with E-state index in [9.17, 15) is 13.2 Å². The Morgan fingerprint density at radius 2 is 1.79 bits per heavy atom. The monoisotopic (exact) mass is 482 g/mol. The summed E-state index contributed by atoms with van der Waals surface area (Å²) >= 11 is 0. The quantitative estimate of drug-likeness (QED) is 0.549. The number of tetrazole rings is 1. The van der Waals surface area contributed by atoms with Gasteiger partial charge in [-0.1, -0.05) is 36.8 Å². The van der Waals surface area contributed by atoms with Crippen molar-refractivity contribution in [3.8, 4) is 16.8 Å². The van der Waals surface area contributed by atoms with Crippen LogP contribution in [0.15, 0.2) is 42.5 Å². The first-order chi connectivity index (χ1) is 16.2. The molecule has 0 saturated carbocycles. The van der Waals surface area contributed by atoms with Crippen LogP contribution in [-0.2, 0) is 16.3 Å². The van der Waals surface area contributed by atoms with E-state index in [1.165, 1.54) is 0 Å². The molecule has 1 aromatic heterocycles. The summed E-state index contributed by atoms with van der Waals surface area (Å²) in [6, 6.07) is 13.7. The van der Waals surface area contributed by atoms with Gasteiger partial charge in [0, 0.05) is 37.7 Å². The maximum atomic E-state index is 13.2. The predicted octanol–water partition coefficient (Wildman–Crippen LogP) is 2.05. The number of hydrogen-bond donors (Lipinski definition) is 1. The highest BCUT2D eigenvalue weighted by Gasteiger charge is 2.23. The number of benzene rings is 2. The van der Waals surface area contributed by atoms with Crippen LogP contribution in [0.2, 0.25) is 0 Å². The Balaban J connectivity index is 1.58. The maximum Gasteiger partial charge on any atom is 0.251 e. The Morgan fingerprint density at radius 1 is 1.09 bits per heavy atom. The number of hydrogen-bond acceptors (Lipinski definition) is 7. The molecule has 0 bridgehead atoms. The molecular weight excluding hydrogens is 452 g/mol. The Kier molecular flexibility index (Phi) is 7.08. The Bertz CT molecular complexity index is 1260. The molecular formula is C24H30N6O3S. The minimum atomic E-state index is -2.93. The molecule has 10 heteroatoms. The second-order valence-electron chi connectivity index (χ2n) is 8.82. The van der Waals surface area contributed by atoms with Crippen LogP contribution in [0.5, 0.6) is 0 Å². The number of amides is 1. The van der Waals surface area contributed by atoms with E-state index in [0.29, 0.717) is 37.4 Å². The van der Waals surface area contributed by atoms with Crippen molar-refractivity contribution in [3.63, 3.8) is 0 Å². The van der Waals surface area contributed by atoms with Gasteiger partial charge in [0.25, 0.3) is 5.91 Å². The van der Waals surface area contributed by atoms with Crippen molar-refractivity contribution in [2.45, 2.75) is 33.2 Å². The summed E-state index contributed by atoms with van der Waals surface area (Å²) in [5, 5.41) is 15.1. The van der Waals surface area contributed by atoms with Crippen molar-refractivity contribution in [3.05, 3.63) is 59.4 Å². The first kappa shape index (κ1) is 24.0. The van der Waals surface area contributed by atoms with Crippen LogP contribution < -0.4 is 5.32 Å². The SMILES string of the molecule is CCc1nnnn1-c1cc(C(=O)NC(C)CN2CCS(=O)(=O)CC2)cc(-c2ccc(C)cc2)c1. The zero-order valence-electron chi connectivity index (χ0n) is 19.7. The van der Waals surface area contributed by atoms with E-state index in [1.807, 2.05) is 57.2 Å². The molecule has 2 aromatic carbocycles. The summed E-state index contributed by atoms with van der Waals surface area (Å²) in [6.07, 6.45) is 0.659. The average molecular weight is 483 g/mol. The molecule has 180 valence electrons. The molecule has 0 aliphatic carbocycles. The van der Waals surface area contributed by atoms with Gasteiger partial charge in [-0.25, -0.2) is 8.42 Å². The molecule has 1 saturated heterocycles. The number of aromatic nitrogens is 4. The van der Waals surface area contributed by atoms with Gasteiger partial charge >= 0.3 is 0 Å². The van der Waals surface area contributed by atoms with Crippen LogP contribution in [-0.4, -0.2) is 76.6 Å². The first-order valence-electron chi connectivity index (χ1n) is 11.5. The number of carbonyl (C=O) groups is 1. The molecule has 1 fully saturated rings. The summed E-state index contributed by atoms with van der Waals surface area (Å²) in [5.74, 6) is 0.849. The number of carbonyl (C=O) groups excluding carboxylic acids is 1. The zero-order valence-corrected chi connectivity index (χ0v) is 20.5. The lowest BCUT2D eigenvalue weighted by Crippen LogP contribution is -2.47. The lowest BCUT2D eigenvalue weighted by atomic mass is 10.0. The molecule has 1 amide bonds. The van der Waals surface area contributed by atoms with Gasteiger partial charge in [0.05, 0.1) is 17.2 Å². The second-order valence-corrected chi connectivity index (χ2v) is 11.1. The molecule has 0 radical (unpaired) electrons. The molecule has 3 aromatic rings. The van der Waals surface area contributed by atoms with Crippen LogP contribution in [0.4, 0.5) is 0 Å². The number of nitrogens with zero attached hydrogens (tertiary/aromatic N) is 5. The fraction of sp³-hybridized carbons (Fsp3) is 0.417. The zero-order chi connectivity index (χ0) is 24.3. The number of aryl methyl sites for hydroxylation is 2. The molecule has 1 atom stereocenters. The molecule has 4 rings (SSSR count). The van der Waals surface area contributed by atoms with Crippen molar-refractivity contribution >= 4 is 15.7 Å². The van der Waals surface area contributed by atoms with E-state index in [-0.39, 0.29) is 23.5 Å². The Morgan fingerprint density at radius 3 is 2.47 bits per heavy atom. The fourth-order valence-electron chi connectivity index (χ4n) is 4.08. The number of sulfone groups is 1. The average Bonchev–Trinajstić information content (AvgIpc) is 3.30. The van der Waals surface area contributed by atoms with E-state index in [4.69, 9.17) is 0 Å². The van der Waals surface area contributed by atoms with Crippen LogP contribution in [0.25, 0.3) is 16.8 Å². The van der Waals surface area contributed by atoms with Crippen molar-refractivity contribution < 1.29 is 13.2 Å². The normalized spacial score (nSPS) is 16.8. The van der Waals surface area contributed by atoms with E-state index in [0.717, 1.165) is 22.4 Å². The van der Waals surface area contributed by atoms with E-state index in [1.54, 1.807) is 10.7 Å². The molecule has 2 heterocycles. The second kappa shape index (κ2) is 10.0. The molecule has 1 aliphatic rings. The third-order valence-electron chi connectivity index (χ3n) is 6.01.